The fourth-order valence-corrected chi connectivity index (χ4v) is 3.65. The zero-order valence-electron chi connectivity index (χ0n) is 16.2. The predicted octanol–water partition coefficient (Wildman–Crippen LogP) is 5.64. The van der Waals surface area contributed by atoms with Crippen LogP contribution in [-0.2, 0) is 6.18 Å². The third kappa shape index (κ3) is 4.40. The minimum Gasteiger partial charge on any atom is -0.433 e. The van der Waals surface area contributed by atoms with Crippen LogP contribution in [0.25, 0.3) is 16.2 Å². The minimum absolute atomic E-state index is 0.0735. The van der Waals surface area contributed by atoms with Crippen LogP contribution in [0.2, 0.25) is 0 Å². The Morgan fingerprint density at radius 3 is 2.62 bits per heavy atom. The largest absolute Gasteiger partial charge is 0.433 e. The lowest BCUT2D eigenvalue weighted by atomic mass is 10.2. The van der Waals surface area contributed by atoms with Crippen molar-refractivity contribution in [2.45, 2.75) is 19.7 Å². The van der Waals surface area contributed by atoms with Crippen LogP contribution in [0.15, 0.2) is 47.8 Å². The van der Waals surface area contributed by atoms with E-state index in [4.69, 9.17) is 0 Å². The Bertz CT molecular complexity index is 1290. The highest BCUT2D eigenvalue weighted by Crippen LogP contribution is 2.34. The predicted molar refractivity (Wildman–Crippen MR) is 107 cm³/mol. The normalized spacial score (nSPS) is 11.8. The van der Waals surface area contributed by atoms with Gasteiger partial charge in [-0.25, -0.2) is 9.50 Å². The molecule has 0 unspecified atom stereocenters. The van der Waals surface area contributed by atoms with Crippen LogP contribution < -0.4 is 10.1 Å². The number of aromatic nitrogens is 3. The molecule has 1 aromatic carbocycles. The van der Waals surface area contributed by atoms with E-state index in [1.807, 2.05) is 0 Å². The third-order valence-electron chi connectivity index (χ3n) is 4.32. The van der Waals surface area contributed by atoms with Crippen LogP contribution in [-0.4, -0.2) is 27.1 Å². The maximum atomic E-state index is 13.6. The second kappa shape index (κ2) is 8.19. The number of anilines is 1. The number of fused-ring (bicyclic) bond motifs is 1. The third-order valence-corrected chi connectivity index (χ3v) is 5.22. The fourth-order valence-electron chi connectivity index (χ4n) is 2.96. The molecular formula is C20H13F5N4O2S. The van der Waals surface area contributed by atoms with Crippen molar-refractivity contribution in [1.29, 1.82) is 0 Å². The first kappa shape index (κ1) is 21.7. The number of amides is 1. The molecule has 1 N–H and O–H groups in total. The van der Waals surface area contributed by atoms with Gasteiger partial charge in [-0.2, -0.15) is 27.1 Å². The van der Waals surface area contributed by atoms with E-state index in [1.54, 1.807) is 24.4 Å². The SMILES string of the molecule is Cc1ccc(OC(F)F)c(NC(=O)c2cc3nc(-c4cccs4)cc(C(F)(F)F)n3n2)c1. The van der Waals surface area contributed by atoms with Gasteiger partial charge in [0.05, 0.1) is 16.3 Å². The van der Waals surface area contributed by atoms with E-state index >= 15 is 0 Å². The Kier molecular flexibility index (Phi) is 5.55. The number of alkyl halides is 5. The highest BCUT2D eigenvalue weighted by Gasteiger charge is 2.35. The van der Waals surface area contributed by atoms with Gasteiger partial charge in [-0.15, -0.1) is 11.3 Å². The number of rotatable bonds is 5. The van der Waals surface area contributed by atoms with Crippen molar-refractivity contribution in [1.82, 2.24) is 14.6 Å². The molecule has 0 atom stereocenters. The Morgan fingerprint density at radius 1 is 1.19 bits per heavy atom. The molecule has 0 spiro atoms. The van der Waals surface area contributed by atoms with E-state index in [0.29, 0.717) is 15.0 Å². The summed E-state index contributed by atoms with van der Waals surface area (Å²) in [5, 5.41) is 7.80. The zero-order chi connectivity index (χ0) is 23.0. The van der Waals surface area contributed by atoms with Gasteiger partial charge >= 0.3 is 12.8 Å². The smallest absolute Gasteiger partial charge is 0.433 e. The van der Waals surface area contributed by atoms with E-state index < -0.39 is 24.4 Å². The molecule has 4 aromatic rings. The molecule has 166 valence electrons. The van der Waals surface area contributed by atoms with Crippen molar-refractivity contribution in [2.75, 3.05) is 5.32 Å². The van der Waals surface area contributed by atoms with Gasteiger partial charge in [0.15, 0.2) is 17.0 Å². The first-order chi connectivity index (χ1) is 15.1. The van der Waals surface area contributed by atoms with Crippen LogP contribution in [0.4, 0.5) is 27.6 Å². The molecule has 3 aromatic heterocycles. The lowest BCUT2D eigenvalue weighted by molar-refractivity contribution is -0.142. The average Bonchev–Trinajstić information content (AvgIpc) is 3.37. The highest BCUT2D eigenvalue weighted by molar-refractivity contribution is 7.13. The van der Waals surface area contributed by atoms with Crippen molar-refractivity contribution in [3.05, 3.63) is 64.8 Å². The van der Waals surface area contributed by atoms with E-state index in [0.717, 1.165) is 12.1 Å². The molecule has 1 amide bonds. The number of hydrogen-bond acceptors (Lipinski definition) is 5. The molecule has 0 bridgehead atoms. The molecule has 0 saturated heterocycles. The number of thiophene rings is 1. The monoisotopic (exact) mass is 468 g/mol. The number of ether oxygens (including phenoxy) is 1. The highest BCUT2D eigenvalue weighted by atomic mass is 32.1. The minimum atomic E-state index is -4.76. The van der Waals surface area contributed by atoms with E-state index in [2.05, 4.69) is 20.1 Å². The number of nitrogens with one attached hydrogen (secondary N) is 1. The van der Waals surface area contributed by atoms with Crippen LogP contribution in [0, 0.1) is 6.92 Å². The molecule has 0 aliphatic heterocycles. The van der Waals surface area contributed by atoms with Gasteiger partial charge in [-0.3, -0.25) is 4.79 Å². The van der Waals surface area contributed by atoms with Crippen molar-refractivity contribution < 1.29 is 31.5 Å². The molecule has 12 heteroatoms. The molecule has 0 radical (unpaired) electrons. The molecule has 6 nitrogen and oxygen atoms in total. The van der Waals surface area contributed by atoms with Crippen molar-refractivity contribution in [3.63, 3.8) is 0 Å². The number of nitrogens with zero attached hydrogens (tertiary/aromatic N) is 3. The lowest BCUT2D eigenvalue weighted by Gasteiger charge is -2.12. The molecule has 3 heterocycles. The summed E-state index contributed by atoms with van der Waals surface area (Å²) in [6.45, 7) is -1.46. The lowest BCUT2D eigenvalue weighted by Crippen LogP contribution is -2.16. The second-order valence-corrected chi connectivity index (χ2v) is 7.58. The maximum Gasteiger partial charge on any atom is 0.433 e. The second-order valence-electron chi connectivity index (χ2n) is 6.63. The van der Waals surface area contributed by atoms with Gasteiger partial charge in [-0.05, 0) is 42.1 Å². The maximum absolute atomic E-state index is 13.6. The summed E-state index contributed by atoms with van der Waals surface area (Å²) in [6.07, 6.45) is -4.76. The topological polar surface area (TPSA) is 68.5 Å². The van der Waals surface area contributed by atoms with Gasteiger partial charge in [0, 0.05) is 6.07 Å². The Labute approximate surface area is 181 Å². The Balaban J connectivity index is 1.74. The van der Waals surface area contributed by atoms with Crippen molar-refractivity contribution in [2.24, 2.45) is 0 Å². The first-order valence-electron chi connectivity index (χ1n) is 9.00. The summed E-state index contributed by atoms with van der Waals surface area (Å²) in [5.41, 5.74) is -1.04. The number of carbonyl (C=O) groups is 1. The summed E-state index contributed by atoms with van der Waals surface area (Å²) < 4.78 is 71.1. The van der Waals surface area contributed by atoms with Crippen LogP contribution in [0.5, 0.6) is 5.75 Å². The van der Waals surface area contributed by atoms with E-state index in [-0.39, 0.29) is 28.5 Å². The zero-order valence-corrected chi connectivity index (χ0v) is 17.0. The van der Waals surface area contributed by atoms with Crippen LogP contribution >= 0.6 is 11.3 Å². The molecule has 0 aliphatic rings. The van der Waals surface area contributed by atoms with Gasteiger partial charge < -0.3 is 10.1 Å². The molecule has 0 fully saturated rings. The van der Waals surface area contributed by atoms with Crippen molar-refractivity contribution in [3.8, 4) is 16.3 Å². The number of halogens is 5. The van der Waals surface area contributed by atoms with Gasteiger partial charge in [0.2, 0.25) is 0 Å². The fraction of sp³-hybridized carbons (Fsp3) is 0.150. The van der Waals surface area contributed by atoms with Crippen molar-refractivity contribution >= 4 is 28.6 Å². The van der Waals surface area contributed by atoms with Gasteiger partial charge in [0.1, 0.15) is 5.75 Å². The average molecular weight is 468 g/mol. The Hall–Kier alpha value is -3.54. The summed E-state index contributed by atoms with van der Waals surface area (Å²) >= 11 is 1.21. The Morgan fingerprint density at radius 2 is 1.97 bits per heavy atom. The molecule has 4 rings (SSSR count). The van der Waals surface area contributed by atoms with Gasteiger partial charge in [-0.1, -0.05) is 12.1 Å². The summed E-state index contributed by atoms with van der Waals surface area (Å²) in [7, 11) is 0. The number of hydrogen-bond donors (Lipinski definition) is 1. The number of benzene rings is 1. The molecule has 0 aliphatic carbocycles. The number of aryl methyl sites for hydroxylation is 1. The molecular weight excluding hydrogens is 455 g/mol. The first-order valence-corrected chi connectivity index (χ1v) is 9.88. The van der Waals surface area contributed by atoms with Crippen LogP contribution in [0.3, 0.4) is 0 Å². The summed E-state index contributed by atoms with van der Waals surface area (Å²) in [4.78, 5) is 17.4. The molecule has 0 saturated carbocycles. The number of carbonyl (C=O) groups excluding carboxylic acids is 1. The molecule has 32 heavy (non-hydrogen) atoms. The quantitative estimate of drug-likeness (QED) is 0.385. The standard InChI is InChI=1S/C20H13F5N4O2S/c1-10-4-5-14(31-19(21)22)11(7-10)27-18(30)13-9-17-26-12(15-3-2-6-32-15)8-16(20(23,24)25)29(17)28-13/h2-9,19H,1H3,(H,27,30). The van der Waals surface area contributed by atoms with E-state index in [1.165, 1.54) is 29.5 Å². The van der Waals surface area contributed by atoms with Crippen LogP contribution in [0.1, 0.15) is 21.7 Å². The summed E-state index contributed by atoms with van der Waals surface area (Å²) in [6, 6.07) is 9.38. The summed E-state index contributed by atoms with van der Waals surface area (Å²) in [5.74, 6) is -1.21. The van der Waals surface area contributed by atoms with E-state index in [9.17, 15) is 26.7 Å². The van der Waals surface area contributed by atoms with Gasteiger partial charge in [0.25, 0.3) is 5.91 Å².